The highest BCUT2D eigenvalue weighted by Gasteiger charge is 2.31. The molecule has 2 rings (SSSR count). The molecule has 0 amide bonds. The zero-order valence-electron chi connectivity index (χ0n) is 10.5. The van der Waals surface area contributed by atoms with Crippen LogP contribution in [0.2, 0.25) is 0 Å². The number of alkyl halides is 3. The van der Waals surface area contributed by atoms with Gasteiger partial charge >= 0.3 is 6.36 Å². The van der Waals surface area contributed by atoms with Gasteiger partial charge in [0.15, 0.2) is 5.78 Å². The molecule has 1 unspecified atom stereocenters. The number of halogens is 3. The average molecular weight is 290 g/mol. The molecule has 0 aromatic heterocycles. The van der Waals surface area contributed by atoms with Gasteiger partial charge in [0.05, 0.1) is 6.61 Å². The largest absolute Gasteiger partial charge is 0.573 e. The highest BCUT2D eigenvalue weighted by Crippen LogP contribution is 2.24. The Hall–Kier alpha value is -1.76. The highest BCUT2D eigenvalue weighted by atomic mass is 19.4. The molecule has 0 aliphatic carbocycles. The molecule has 7 heteroatoms. The van der Waals surface area contributed by atoms with Crippen LogP contribution in [0.1, 0.15) is 6.42 Å². The zero-order chi connectivity index (χ0) is 14.6. The van der Waals surface area contributed by atoms with Gasteiger partial charge in [-0.2, -0.15) is 0 Å². The zero-order valence-corrected chi connectivity index (χ0v) is 10.5. The molecule has 1 saturated heterocycles. The minimum atomic E-state index is -4.72. The van der Waals surface area contributed by atoms with Gasteiger partial charge in [-0.25, -0.2) is 0 Å². The molecular formula is C13H13F3O4. The maximum atomic E-state index is 12.0. The second-order valence-electron chi connectivity index (χ2n) is 4.33. The Morgan fingerprint density at radius 2 is 1.90 bits per heavy atom. The lowest BCUT2D eigenvalue weighted by Crippen LogP contribution is -2.21. The van der Waals surface area contributed by atoms with Crippen molar-refractivity contribution in [2.45, 2.75) is 12.8 Å². The molecule has 1 heterocycles. The second kappa shape index (κ2) is 6.13. The van der Waals surface area contributed by atoms with Crippen LogP contribution in [0.25, 0.3) is 0 Å². The Bertz CT molecular complexity index is 450. The Balaban J connectivity index is 1.83. The lowest BCUT2D eigenvalue weighted by Gasteiger charge is -2.11. The summed E-state index contributed by atoms with van der Waals surface area (Å²) in [5.41, 5.74) is 0. The van der Waals surface area contributed by atoms with Gasteiger partial charge in [0, 0.05) is 12.5 Å². The molecule has 0 N–H and O–H groups in total. The van der Waals surface area contributed by atoms with Crippen LogP contribution in [0.4, 0.5) is 13.2 Å². The Morgan fingerprint density at radius 1 is 1.25 bits per heavy atom. The topological polar surface area (TPSA) is 44.8 Å². The molecule has 0 bridgehead atoms. The monoisotopic (exact) mass is 290 g/mol. The lowest BCUT2D eigenvalue weighted by atomic mass is 10.0. The standard InChI is InChI=1S/C13H13F3O4/c14-13(15,16)20-11-3-1-10(2-4-11)19-8-12(17)9-5-6-18-7-9/h1-4,9H,5-8H2. The fourth-order valence-corrected chi connectivity index (χ4v) is 1.80. The van der Waals surface area contributed by atoms with Gasteiger partial charge in [-0.05, 0) is 30.7 Å². The highest BCUT2D eigenvalue weighted by molar-refractivity contribution is 5.82. The minimum Gasteiger partial charge on any atom is -0.486 e. The summed E-state index contributed by atoms with van der Waals surface area (Å²) < 4.78 is 49.9. The minimum absolute atomic E-state index is 0.0712. The molecule has 20 heavy (non-hydrogen) atoms. The van der Waals surface area contributed by atoms with Crippen LogP contribution in [0.15, 0.2) is 24.3 Å². The van der Waals surface area contributed by atoms with Gasteiger partial charge in [-0.1, -0.05) is 0 Å². The van der Waals surface area contributed by atoms with Gasteiger partial charge in [0.1, 0.15) is 18.1 Å². The van der Waals surface area contributed by atoms with Crippen LogP contribution in [-0.2, 0) is 9.53 Å². The van der Waals surface area contributed by atoms with E-state index in [9.17, 15) is 18.0 Å². The summed E-state index contributed by atoms with van der Waals surface area (Å²) in [5.74, 6) is -0.242. The van der Waals surface area contributed by atoms with E-state index in [1.54, 1.807) is 0 Å². The first-order valence-electron chi connectivity index (χ1n) is 6.03. The maximum Gasteiger partial charge on any atom is 0.573 e. The van der Waals surface area contributed by atoms with Crippen molar-refractivity contribution < 1.29 is 32.2 Å². The Labute approximate surface area is 113 Å². The van der Waals surface area contributed by atoms with E-state index in [0.29, 0.717) is 25.4 Å². The first-order chi connectivity index (χ1) is 9.44. The molecule has 1 aliphatic rings. The van der Waals surface area contributed by atoms with E-state index < -0.39 is 6.36 Å². The third-order valence-electron chi connectivity index (χ3n) is 2.82. The SMILES string of the molecule is O=C(COc1ccc(OC(F)(F)F)cc1)C1CCOC1. The number of Topliss-reactive ketones (excluding diaryl/α,β-unsaturated/α-hetero) is 1. The van der Waals surface area contributed by atoms with Crippen molar-refractivity contribution >= 4 is 5.78 Å². The third-order valence-corrected chi connectivity index (χ3v) is 2.82. The molecule has 0 spiro atoms. The lowest BCUT2D eigenvalue weighted by molar-refractivity contribution is -0.274. The van der Waals surface area contributed by atoms with E-state index in [4.69, 9.17) is 9.47 Å². The first kappa shape index (κ1) is 14.6. The second-order valence-corrected chi connectivity index (χ2v) is 4.33. The summed E-state index contributed by atoms with van der Waals surface area (Å²) in [6.07, 6.45) is -4.04. The predicted octanol–water partition coefficient (Wildman–Crippen LogP) is 2.57. The van der Waals surface area contributed by atoms with Crippen LogP contribution >= 0.6 is 0 Å². The van der Waals surface area contributed by atoms with E-state index in [2.05, 4.69) is 4.74 Å². The quantitative estimate of drug-likeness (QED) is 0.836. The van der Waals surface area contributed by atoms with Gasteiger partial charge in [0.2, 0.25) is 0 Å². The summed E-state index contributed by atoms with van der Waals surface area (Å²) in [5, 5.41) is 0. The van der Waals surface area contributed by atoms with Crippen molar-refractivity contribution in [1.29, 1.82) is 0 Å². The number of hydrogen-bond acceptors (Lipinski definition) is 4. The number of carbonyl (C=O) groups is 1. The van der Waals surface area contributed by atoms with Crippen molar-refractivity contribution in [2.24, 2.45) is 5.92 Å². The van der Waals surface area contributed by atoms with Crippen LogP contribution in [0.3, 0.4) is 0 Å². The number of ketones is 1. The summed E-state index contributed by atoms with van der Waals surface area (Å²) in [7, 11) is 0. The van der Waals surface area contributed by atoms with Crippen LogP contribution in [0, 0.1) is 5.92 Å². The van der Waals surface area contributed by atoms with Crippen LogP contribution in [-0.4, -0.2) is 32.0 Å². The number of carbonyl (C=O) groups excluding carboxylic acids is 1. The normalized spacial score (nSPS) is 18.9. The van der Waals surface area contributed by atoms with Crippen molar-refractivity contribution in [3.63, 3.8) is 0 Å². The summed E-state index contributed by atoms with van der Waals surface area (Å²) in [6, 6.07) is 4.90. The molecule has 1 fully saturated rings. The number of benzene rings is 1. The average Bonchev–Trinajstić information content (AvgIpc) is 2.89. The van der Waals surface area contributed by atoms with Gasteiger partial charge < -0.3 is 14.2 Å². The van der Waals surface area contributed by atoms with E-state index in [1.807, 2.05) is 0 Å². The molecule has 4 nitrogen and oxygen atoms in total. The molecule has 1 aromatic rings. The maximum absolute atomic E-state index is 12.0. The van der Waals surface area contributed by atoms with Gasteiger partial charge in [-0.15, -0.1) is 13.2 Å². The molecule has 1 atom stereocenters. The Kier molecular flexibility index (Phi) is 4.49. The molecule has 0 radical (unpaired) electrons. The van der Waals surface area contributed by atoms with Crippen LogP contribution in [0.5, 0.6) is 11.5 Å². The van der Waals surface area contributed by atoms with Crippen molar-refractivity contribution in [2.75, 3.05) is 19.8 Å². The van der Waals surface area contributed by atoms with Gasteiger partial charge in [0.25, 0.3) is 0 Å². The van der Waals surface area contributed by atoms with E-state index in [0.717, 1.165) is 12.1 Å². The van der Waals surface area contributed by atoms with E-state index >= 15 is 0 Å². The van der Waals surface area contributed by atoms with E-state index in [-0.39, 0.29) is 24.1 Å². The molecular weight excluding hydrogens is 277 g/mol. The fourth-order valence-electron chi connectivity index (χ4n) is 1.80. The van der Waals surface area contributed by atoms with Crippen molar-refractivity contribution in [3.8, 4) is 11.5 Å². The van der Waals surface area contributed by atoms with Crippen molar-refractivity contribution in [3.05, 3.63) is 24.3 Å². The fraction of sp³-hybridized carbons (Fsp3) is 0.462. The van der Waals surface area contributed by atoms with Gasteiger partial charge in [-0.3, -0.25) is 4.79 Å². The Morgan fingerprint density at radius 3 is 2.45 bits per heavy atom. The number of hydrogen-bond donors (Lipinski definition) is 0. The smallest absolute Gasteiger partial charge is 0.486 e. The molecule has 1 aromatic carbocycles. The summed E-state index contributed by atoms with van der Waals surface area (Å²) in [6.45, 7) is 0.855. The number of rotatable bonds is 5. The molecule has 1 aliphatic heterocycles. The van der Waals surface area contributed by atoms with E-state index in [1.165, 1.54) is 12.1 Å². The number of ether oxygens (including phenoxy) is 3. The first-order valence-corrected chi connectivity index (χ1v) is 6.03. The predicted molar refractivity (Wildman–Crippen MR) is 62.6 cm³/mol. The molecule has 0 saturated carbocycles. The summed E-state index contributed by atoms with van der Waals surface area (Å²) in [4.78, 5) is 11.7. The van der Waals surface area contributed by atoms with Crippen molar-refractivity contribution in [1.82, 2.24) is 0 Å². The van der Waals surface area contributed by atoms with Crippen LogP contribution < -0.4 is 9.47 Å². The third kappa shape index (κ3) is 4.41. The summed E-state index contributed by atoms with van der Waals surface area (Å²) >= 11 is 0. The molecule has 110 valence electrons.